The first-order valence-corrected chi connectivity index (χ1v) is 10.2. The molecule has 0 bridgehead atoms. The lowest BCUT2D eigenvalue weighted by molar-refractivity contribution is 0.504. The molecule has 2 rings (SSSR count). The summed E-state index contributed by atoms with van der Waals surface area (Å²) in [6.45, 7) is 8.04. The molecular weight excluding hydrogens is 318 g/mol. The summed E-state index contributed by atoms with van der Waals surface area (Å²) in [5.74, 6) is 1.25. The Hall–Kier alpha value is 0.170. The predicted molar refractivity (Wildman–Crippen MR) is 100.0 cm³/mol. The molecule has 1 nitrogen and oxygen atoms in total. The summed E-state index contributed by atoms with van der Waals surface area (Å²) in [5, 5.41) is 6.80. The van der Waals surface area contributed by atoms with Gasteiger partial charge in [-0.15, -0.1) is 0 Å². The largest absolute Gasteiger partial charge is 0.313 e. The monoisotopic (exact) mass is 343 g/mol. The lowest BCUT2D eigenvalue weighted by Gasteiger charge is -2.36. The number of rotatable bonds is 6. The molecule has 1 fully saturated rings. The minimum atomic E-state index is 0.538. The highest BCUT2D eigenvalue weighted by Gasteiger charge is 2.31. The first-order valence-electron chi connectivity index (χ1n) is 7.85. The van der Waals surface area contributed by atoms with Gasteiger partial charge in [0.25, 0.3) is 0 Å². The highest BCUT2D eigenvalue weighted by atomic mass is 35.5. The van der Waals surface area contributed by atoms with Crippen molar-refractivity contribution in [3.8, 4) is 0 Å². The highest BCUT2D eigenvalue weighted by molar-refractivity contribution is 8.07. The van der Waals surface area contributed by atoms with Crippen LogP contribution in [0.3, 0.4) is 0 Å². The van der Waals surface area contributed by atoms with Gasteiger partial charge >= 0.3 is 0 Å². The maximum absolute atomic E-state index is 6.13. The van der Waals surface area contributed by atoms with Crippen LogP contribution in [0.1, 0.15) is 32.8 Å². The highest BCUT2D eigenvalue weighted by Crippen LogP contribution is 2.37. The molecule has 0 amide bonds. The van der Waals surface area contributed by atoms with Gasteiger partial charge in [-0.05, 0) is 37.1 Å². The van der Waals surface area contributed by atoms with Crippen LogP contribution in [-0.2, 0) is 6.42 Å². The SMILES string of the molecule is CCCNC(Cc1cccc(Cl)c1)C1CSC(C)C(C)S1. The van der Waals surface area contributed by atoms with Crippen molar-refractivity contribution in [2.45, 2.75) is 55.4 Å². The minimum Gasteiger partial charge on any atom is -0.313 e. The Balaban J connectivity index is 2.03. The Morgan fingerprint density at radius 3 is 2.81 bits per heavy atom. The molecule has 1 aromatic carbocycles. The molecule has 1 aliphatic heterocycles. The van der Waals surface area contributed by atoms with Gasteiger partial charge in [-0.2, -0.15) is 23.5 Å². The molecule has 0 radical (unpaired) electrons. The van der Waals surface area contributed by atoms with Crippen molar-refractivity contribution in [1.29, 1.82) is 0 Å². The molecule has 4 unspecified atom stereocenters. The van der Waals surface area contributed by atoms with Crippen molar-refractivity contribution < 1.29 is 0 Å². The third-order valence-electron chi connectivity index (χ3n) is 4.02. The molecule has 1 saturated heterocycles. The van der Waals surface area contributed by atoms with Gasteiger partial charge in [0.15, 0.2) is 0 Å². The van der Waals surface area contributed by atoms with Crippen molar-refractivity contribution in [2.24, 2.45) is 0 Å². The summed E-state index contributed by atoms with van der Waals surface area (Å²) in [6.07, 6.45) is 2.25. The summed E-state index contributed by atoms with van der Waals surface area (Å²) in [6, 6.07) is 8.85. The van der Waals surface area contributed by atoms with E-state index in [4.69, 9.17) is 11.6 Å². The fourth-order valence-electron chi connectivity index (χ4n) is 2.60. The van der Waals surface area contributed by atoms with E-state index in [2.05, 4.69) is 67.8 Å². The van der Waals surface area contributed by atoms with Gasteiger partial charge in [0.2, 0.25) is 0 Å². The second-order valence-electron chi connectivity index (χ2n) is 5.81. The lowest BCUT2D eigenvalue weighted by Crippen LogP contribution is -2.45. The number of halogens is 1. The molecule has 1 aromatic rings. The Morgan fingerprint density at radius 2 is 2.14 bits per heavy atom. The van der Waals surface area contributed by atoms with Gasteiger partial charge in [-0.3, -0.25) is 0 Å². The number of hydrogen-bond acceptors (Lipinski definition) is 3. The molecule has 0 spiro atoms. The first-order chi connectivity index (χ1) is 10.1. The standard InChI is InChI=1S/C17H26ClNS2/c1-4-8-19-16(10-14-6-5-7-15(18)9-14)17-11-20-12(2)13(3)21-17/h5-7,9,12-13,16-17,19H,4,8,10-11H2,1-3H3. The van der Waals surface area contributed by atoms with Crippen LogP contribution in [0.2, 0.25) is 5.02 Å². The van der Waals surface area contributed by atoms with Gasteiger partial charge < -0.3 is 5.32 Å². The normalized spacial score (nSPS) is 27.5. The van der Waals surface area contributed by atoms with Gasteiger partial charge in [0.05, 0.1) is 0 Å². The molecule has 1 aliphatic rings. The van der Waals surface area contributed by atoms with Crippen LogP contribution < -0.4 is 5.32 Å². The Labute approximate surface area is 143 Å². The van der Waals surface area contributed by atoms with Gasteiger partial charge in [0.1, 0.15) is 0 Å². The van der Waals surface area contributed by atoms with Crippen molar-refractivity contribution in [3.05, 3.63) is 34.9 Å². The van der Waals surface area contributed by atoms with E-state index < -0.39 is 0 Å². The summed E-state index contributed by atoms with van der Waals surface area (Å²) in [7, 11) is 0. The van der Waals surface area contributed by atoms with Crippen LogP contribution in [0.15, 0.2) is 24.3 Å². The third kappa shape index (κ3) is 5.38. The second-order valence-corrected chi connectivity index (χ2v) is 9.28. The number of thioether (sulfide) groups is 2. The van der Waals surface area contributed by atoms with Crippen LogP contribution in [0.25, 0.3) is 0 Å². The summed E-state index contributed by atoms with van der Waals surface area (Å²) in [5.41, 5.74) is 1.34. The quantitative estimate of drug-likeness (QED) is 0.790. The molecule has 0 saturated carbocycles. The van der Waals surface area contributed by atoms with Crippen molar-refractivity contribution in [3.63, 3.8) is 0 Å². The van der Waals surface area contributed by atoms with Crippen LogP contribution in [0.5, 0.6) is 0 Å². The topological polar surface area (TPSA) is 12.0 Å². The number of benzene rings is 1. The second kappa shape index (κ2) is 8.71. The van der Waals surface area contributed by atoms with Crippen LogP contribution in [-0.4, -0.2) is 34.1 Å². The maximum Gasteiger partial charge on any atom is 0.0408 e. The van der Waals surface area contributed by atoms with Crippen LogP contribution >= 0.6 is 35.1 Å². The van der Waals surface area contributed by atoms with Crippen LogP contribution in [0, 0.1) is 0 Å². The van der Waals surface area contributed by atoms with Gasteiger partial charge in [-0.1, -0.05) is 44.5 Å². The molecular formula is C17H26ClNS2. The van der Waals surface area contributed by atoms with Crippen molar-refractivity contribution in [2.75, 3.05) is 12.3 Å². The van der Waals surface area contributed by atoms with E-state index in [0.29, 0.717) is 11.3 Å². The summed E-state index contributed by atoms with van der Waals surface area (Å²) in [4.78, 5) is 0. The zero-order chi connectivity index (χ0) is 15.2. The number of hydrogen-bond donors (Lipinski definition) is 1. The maximum atomic E-state index is 6.13. The average Bonchev–Trinajstić information content (AvgIpc) is 2.46. The fourth-order valence-corrected chi connectivity index (χ4v) is 5.94. The van der Waals surface area contributed by atoms with E-state index in [-0.39, 0.29) is 0 Å². The Kier molecular flexibility index (Phi) is 7.27. The van der Waals surface area contributed by atoms with Crippen LogP contribution in [0.4, 0.5) is 0 Å². The summed E-state index contributed by atoms with van der Waals surface area (Å²) < 4.78 is 0. The van der Waals surface area contributed by atoms with E-state index in [9.17, 15) is 0 Å². The molecule has 4 atom stereocenters. The number of nitrogens with one attached hydrogen (secondary N) is 1. The molecule has 21 heavy (non-hydrogen) atoms. The smallest absolute Gasteiger partial charge is 0.0408 e. The molecule has 1 N–H and O–H groups in total. The summed E-state index contributed by atoms with van der Waals surface area (Å²) >= 11 is 10.4. The predicted octanol–water partition coefficient (Wildman–Crippen LogP) is 4.88. The lowest BCUT2D eigenvalue weighted by atomic mass is 10.0. The van der Waals surface area contributed by atoms with Gasteiger partial charge in [-0.25, -0.2) is 0 Å². The van der Waals surface area contributed by atoms with E-state index in [1.807, 2.05) is 6.07 Å². The van der Waals surface area contributed by atoms with E-state index in [1.54, 1.807) is 0 Å². The molecule has 0 aliphatic carbocycles. The Morgan fingerprint density at radius 1 is 1.33 bits per heavy atom. The third-order valence-corrected chi connectivity index (χ3v) is 7.81. The average molecular weight is 344 g/mol. The van der Waals surface area contributed by atoms with E-state index in [1.165, 1.54) is 17.7 Å². The molecule has 118 valence electrons. The molecule has 0 aromatic heterocycles. The molecule has 4 heteroatoms. The van der Waals surface area contributed by atoms with Crippen molar-refractivity contribution in [1.82, 2.24) is 5.32 Å². The van der Waals surface area contributed by atoms with Gasteiger partial charge in [0, 0.05) is 32.6 Å². The molecule has 1 heterocycles. The zero-order valence-electron chi connectivity index (χ0n) is 13.1. The fraction of sp³-hybridized carbons (Fsp3) is 0.647. The first kappa shape index (κ1) is 17.5. The van der Waals surface area contributed by atoms with E-state index in [0.717, 1.165) is 28.5 Å². The van der Waals surface area contributed by atoms with Crippen molar-refractivity contribution >= 4 is 35.1 Å². The minimum absolute atomic E-state index is 0.538. The Bertz CT molecular complexity index is 441. The zero-order valence-corrected chi connectivity index (χ0v) is 15.5. The van der Waals surface area contributed by atoms with E-state index >= 15 is 0 Å².